The first-order valence-corrected chi connectivity index (χ1v) is 6.82. The summed E-state index contributed by atoms with van der Waals surface area (Å²) in [6, 6.07) is 0.790. The molecule has 15 heavy (non-hydrogen) atoms. The van der Waals surface area contributed by atoms with Crippen LogP contribution in [0.4, 0.5) is 0 Å². The molecule has 0 amide bonds. The van der Waals surface area contributed by atoms with Gasteiger partial charge in [-0.15, -0.1) is 0 Å². The molecule has 0 aliphatic carbocycles. The molecule has 90 valence electrons. The fraction of sp³-hybridized carbons (Fsp3) is 1.00. The summed E-state index contributed by atoms with van der Waals surface area (Å²) in [5, 5.41) is 3.70. The molecule has 0 saturated carbocycles. The van der Waals surface area contributed by atoms with E-state index in [2.05, 4.69) is 24.1 Å². The van der Waals surface area contributed by atoms with Crippen LogP contribution in [-0.4, -0.2) is 37.1 Å². The molecule has 1 fully saturated rings. The molecule has 1 rings (SSSR count). The lowest BCUT2D eigenvalue weighted by Gasteiger charge is -2.19. The Bertz CT molecular complexity index is 147. The first-order valence-electron chi connectivity index (χ1n) is 6.82. The highest BCUT2D eigenvalue weighted by Gasteiger charge is 2.15. The Balaban J connectivity index is 2.14. The van der Waals surface area contributed by atoms with Gasteiger partial charge < -0.3 is 10.2 Å². The van der Waals surface area contributed by atoms with Gasteiger partial charge in [-0.2, -0.15) is 0 Å². The lowest BCUT2D eigenvalue weighted by atomic mass is 10.1. The van der Waals surface area contributed by atoms with Crippen molar-refractivity contribution < 1.29 is 0 Å². The quantitative estimate of drug-likeness (QED) is 0.681. The van der Waals surface area contributed by atoms with E-state index in [1.165, 1.54) is 64.7 Å². The lowest BCUT2D eigenvalue weighted by molar-refractivity contribution is 0.282. The first-order chi connectivity index (χ1) is 7.36. The predicted octanol–water partition coefficient (Wildman–Crippen LogP) is 2.64. The highest BCUT2D eigenvalue weighted by Crippen LogP contribution is 2.11. The van der Waals surface area contributed by atoms with E-state index >= 15 is 0 Å². The SMILES string of the molecule is CCCCNC1CCCN(CCC)CC1. The Labute approximate surface area is 95.4 Å². The summed E-state index contributed by atoms with van der Waals surface area (Å²) in [7, 11) is 0. The van der Waals surface area contributed by atoms with Crippen molar-refractivity contribution in [2.45, 2.75) is 58.4 Å². The second-order valence-corrected chi connectivity index (χ2v) is 4.78. The molecule has 1 N–H and O–H groups in total. The second kappa shape index (κ2) is 8.12. The smallest absolute Gasteiger partial charge is 0.00797 e. The van der Waals surface area contributed by atoms with E-state index in [4.69, 9.17) is 0 Å². The molecular weight excluding hydrogens is 184 g/mol. The zero-order valence-electron chi connectivity index (χ0n) is 10.6. The van der Waals surface area contributed by atoms with Gasteiger partial charge in [0.25, 0.3) is 0 Å². The largest absolute Gasteiger partial charge is 0.314 e. The third kappa shape index (κ3) is 5.53. The van der Waals surface area contributed by atoms with Crippen molar-refractivity contribution in [2.24, 2.45) is 0 Å². The molecule has 1 unspecified atom stereocenters. The second-order valence-electron chi connectivity index (χ2n) is 4.78. The molecule has 1 aliphatic rings. The Morgan fingerprint density at radius 1 is 1.13 bits per heavy atom. The van der Waals surface area contributed by atoms with Crippen molar-refractivity contribution in [2.75, 3.05) is 26.2 Å². The Hall–Kier alpha value is -0.0800. The van der Waals surface area contributed by atoms with Crippen LogP contribution in [0.1, 0.15) is 52.4 Å². The minimum atomic E-state index is 0.790. The van der Waals surface area contributed by atoms with Gasteiger partial charge in [-0.1, -0.05) is 20.3 Å². The Morgan fingerprint density at radius 2 is 2.00 bits per heavy atom. The minimum Gasteiger partial charge on any atom is -0.314 e. The highest BCUT2D eigenvalue weighted by atomic mass is 15.1. The van der Waals surface area contributed by atoms with Crippen molar-refractivity contribution in [3.05, 3.63) is 0 Å². The third-order valence-corrected chi connectivity index (χ3v) is 3.32. The molecule has 0 bridgehead atoms. The van der Waals surface area contributed by atoms with Gasteiger partial charge >= 0.3 is 0 Å². The summed E-state index contributed by atoms with van der Waals surface area (Å²) in [5.41, 5.74) is 0. The zero-order valence-corrected chi connectivity index (χ0v) is 10.6. The van der Waals surface area contributed by atoms with Gasteiger partial charge in [0.15, 0.2) is 0 Å². The molecule has 1 saturated heterocycles. The van der Waals surface area contributed by atoms with E-state index < -0.39 is 0 Å². The maximum atomic E-state index is 3.70. The lowest BCUT2D eigenvalue weighted by Crippen LogP contribution is -2.31. The summed E-state index contributed by atoms with van der Waals surface area (Å²) >= 11 is 0. The molecular formula is C13H28N2. The standard InChI is InChI=1S/C13H28N2/c1-3-5-9-14-13-7-6-11-15(10-4-2)12-8-13/h13-14H,3-12H2,1-2H3. The van der Waals surface area contributed by atoms with Crippen molar-refractivity contribution >= 4 is 0 Å². The van der Waals surface area contributed by atoms with E-state index in [1.54, 1.807) is 0 Å². The predicted molar refractivity (Wildman–Crippen MR) is 67.3 cm³/mol. The maximum absolute atomic E-state index is 3.70. The van der Waals surface area contributed by atoms with Gasteiger partial charge in [0.2, 0.25) is 0 Å². The van der Waals surface area contributed by atoms with E-state index in [9.17, 15) is 0 Å². The zero-order chi connectivity index (χ0) is 10.9. The van der Waals surface area contributed by atoms with Crippen molar-refractivity contribution in [1.29, 1.82) is 0 Å². The number of rotatable bonds is 6. The Kier molecular flexibility index (Phi) is 7.03. The summed E-state index contributed by atoms with van der Waals surface area (Å²) in [4.78, 5) is 2.63. The van der Waals surface area contributed by atoms with Crippen molar-refractivity contribution in [3.63, 3.8) is 0 Å². The van der Waals surface area contributed by atoms with Crippen LogP contribution in [0.3, 0.4) is 0 Å². The van der Waals surface area contributed by atoms with Crippen LogP contribution in [0.15, 0.2) is 0 Å². The number of nitrogens with one attached hydrogen (secondary N) is 1. The molecule has 1 atom stereocenters. The van der Waals surface area contributed by atoms with Crippen LogP contribution in [0, 0.1) is 0 Å². The van der Waals surface area contributed by atoms with Crippen LogP contribution in [0.2, 0.25) is 0 Å². The van der Waals surface area contributed by atoms with E-state index in [0.29, 0.717) is 0 Å². The molecule has 2 heteroatoms. The number of likely N-dealkylation sites (tertiary alicyclic amines) is 1. The van der Waals surface area contributed by atoms with Crippen LogP contribution < -0.4 is 5.32 Å². The topological polar surface area (TPSA) is 15.3 Å². The number of hydrogen-bond donors (Lipinski definition) is 1. The summed E-state index contributed by atoms with van der Waals surface area (Å²) < 4.78 is 0. The summed E-state index contributed by atoms with van der Waals surface area (Å²) in [5.74, 6) is 0. The maximum Gasteiger partial charge on any atom is 0.00797 e. The minimum absolute atomic E-state index is 0.790. The monoisotopic (exact) mass is 212 g/mol. The van der Waals surface area contributed by atoms with E-state index in [-0.39, 0.29) is 0 Å². The fourth-order valence-electron chi connectivity index (χ4n) is 2.38. The average molecular weight is 212 g/mol. The normalized spacial score (nSPS) is 24.0. The van der Waals surface area contributed by atoms with Gasteiger partial charge in [0.1, 0.15) is 0 Å². The Morgan fingerprint density at radius 3 is 2.73 bits per heavy atom. The van der Waals surface area contributed by atoms with Crippen molar-refractivity contribution in [3.8, 4) is 0 Å². The van der Waals surface area contributed by atoms with Gasteiger partial charge in [0.05, 0.1) is 0 Å². The number of nitrogens with zero attached hydrogens (tertiary/aromatic N) is 1. The fourth-order valence-corrected chi connectivity index (χ4v) is 2.38. The highest BCUT2D eigenvalue weighted by molar-refractivity contribution is 4.74. The molecule has 0 radical (unpaired) electrons. The number of hydrogen-bond acceptors (Lipinski definition) is 2. The summed E-state index contributed by atoms with van der Waals surface area (Å²) in [6.07, 6.45) is 8.04. The van der Waals surface area contributed by atoms with Gasteiger partial charge in [-0.05, 0) is 58.3 Å². The van der Waals surface area contributed by atoms with Gasteiger partial charge in [0, 0.05) is 6.04 Å². The molecule has 0 spiro atoms. The van der Waals surface area contributed by atoms with Gasteiger partial charge in [-0.25, -0.2) is 0 Å². The molecule has 0 aromatic rings. The number of unbranched alkanes of at least 4 members (excludes halogenated alkanes) is 1. The third-order valence-electron chi connectivity index (χ3n) is 3.32. The van der Waals surface area contributed by atoms with Crippen LogP contribution >= 0.6 is 0 Å². The van der Waals surface area contributed by atoms with E-state index in [0.717, 1.165) is 6.04 Å². The van der Waals surface area contributed by atoms with Crippen molar-refractivity contribution in [1.82, 2.24) is 10.2 Å². The molecule has 1 heterocycles. The van der Waals surface area contributed by atoms with Gasteiger partial charge in [-0.3, -0.25) is 0 Å². The van der Waals surface area contributed by atoms with Crippen LogP contribution in [0.25, 0.3) is 0 Å². The van der Waals surface area contributed by atoms with E-state index in [1.807, 2.05) is 0 Å². The van der Waals surface area contributed by atoms with Crippen LogP contribution in [0.5, 0.6) is 0 Å². The molecule has 2 nitrogen and oxygen atoms in total. The van der Waals surface area contributed by atoms with Crippen LogP contribution in [-0.2, 0) is 0 Å². The molecule has 0 aromatic carbocycles. The summed E-state index contributed by atoms with van der Waals surface area (Å²) in [6.45, 7) is 9.67. The first kappa shape index (κ1) is 13.0. The molecule has 0 aromatic heterocycles. The average Bonchev–Trinajstić information content (AvgIpc) is 2.45. The molecule has 1 aliphatic heterocycles.